The van der Waals surface area contributed by atoms with Crippen LogP contribution in [0.2, 0.25) is 0 Å². The normalized spacial score (nSPS) is 11.8. The third kappa shape index (κ3) is 7.73. The van der Waals surface area contributed by atoms with Crippen LogP contribution in [0.5, 0.6) is 0 Å². The molecule has 1 atom stereocenters. The molecule has 0 aliphatic heterocycles. The molecular formula is C28H31FN2O2S. The van der Waals surface area contributed by atoms with Gasteiger partial charge in [0.2, 0.25) is 11.8 Å². The number of halogens is 1. The summed E-state index contributed by atoms with van der Waals surface area (Å²) in [6, 6.07) is 25.1. The summed E-state index contributed by atoms with van der Waals surface area (Å²) in [4.78, 5) is 28.3. The van der Waals surface area contributed by atoms with Crippen LogP contribution in [0.3, 0.4) is 0 Å². The van der Waals surface area contributed by atoms with Crippen molar-refractivity contribution in [3.63, 3.8) is 0 Å². The number of carbonyl (C=O) groups is 2. The number of thioether (sulfide) groups is 1. The number of benzene rings is 3. The molecule has 1 N–H and O–H groups in total. The smallest absolute Gasteiger partial charge is 0.243 e. The van der Waals surface area contributed by atoms with Crippen molar-refractivity contribution in [2.24, 2.45) is 0 Å². The van der Waals surface area contributed by atoms with Gasteiger partial charge in [0.1, 0.15) is 11.9 Å². The summed E-state index contributed by atoms with van der Waals surface area (Å²) in [5, 5.41) is 2.95. The molecule has 0 heterocycles. The molecule has 0 bridgehead atoms. The van der Waals surface area contributed by atoms with Gasteiger partial charge in [-0.25, -0.2) is 4.39 Å². The van der Waals surface area contributed by atoms with E-state index < -0.39 is 6.04 Å². The Labute approximate surface area is 205 Å². The first kappa shape index (κ1) is 25.5. The average molecular weight is 479 g/mol. The van der Waals surface area contributed by atoms with Crippen molar-refractivity contribution in [3.8, 4) is 0 Å². The van der Waals surface area contributed by atoms with Crippen molar-refractivity contribution < 1.29 is 14.0 Å². The van der Waals surface area contributed by atoms with Gasteiger partial charge in [-0.1, -0.05) is 78.9 Å². The molecular weight excluding hydrogens is 447 g/mol. The second kappa shape index (κ2) is 12.9. The minimum atomic E-state index is -0.755. The Morgan fingerprint density at radius 2 is 1.47 bits per heavy atom. The molecule has 0 spiro atoms. The van der Waals surface area contributed by atoms with Crippen LogP contribution >= 0.6 is 11.8 Å². The first-order chi connectivity index (χ1) is 16.4. The molecule has 6 heteroatoms. The fourth-order valence-electron chi connectivity index (χ4n) is 3.66. The van der Waals surface area contributed by atoms with Crippen LogP contribution in [0.25, 0.3) is 0 Å². The summed E-state index contributed by atoms with van der Waals surface area (Å²) in [6.07, 6.45) is 0.350. The minimum absolute atomic E-state index is 0.0282. The standard InChI is InChI=1S/C28H31FN2O2S/c1-21(2)30-28(33)26(17-22-11-5-3-6-12-22)31(18-24-15-9-10-16-25(24)29)27(32)20-34-19-23-13-7-4-8-14-23/h3-16,21,26H,17-20H2,1-2H3,(H,30,33)/t26-/m0/s1. The fourth-order valence-corrected chi connectivity index (χ4v) is 4.53. The summed E-state index contributed by atoms with van der Waals surface area (Å²) >= 11 is 1.49. The van der Waals surface area contributed by atoms with Gasteiger partial charge in [0.25, 0.3) is 0 Å². The number of rotatable bonds is 11. The number of carbonyl (C=O) groups excluding carboxylic acids is 2. The van der Waals surface area contributed by atoms with Crippen LogP contribution in [0.15, 0.2) is 84.9 Å². The van der Waals surface area contributed by atoms with Crippen LogP contribution in [0.4, 0.5) is 4.39 Å². The van der Waals surface area contributed by atoms with E-state index in [9.17, 15) is 14.0 Å². The molecule has 178 valence electrons. The highest BCUT2D eigenvalue weighted by atomic mass is 32.2. The molecule has 34 heavy (non-hydrogen) atoms. The maximum absolute atomic E-state index is 14.5. The first-order valence-electron chi connectivity index (χ1n) is 11.4. The van der Waals surface area contributed by atoms with E-state index in [0.717, 1.165) is 11.1 Å². The van der Waals surface area contributed by atoms with E-state index in [1.165, 1.54) is 22.7 Å². The monoisotopic (exact) mass is 478 g/mol. The van der Waals surface area contributed by atoms with Gasteiger partial charge in [0.05, 0.1) is 5.75 Å². The SMILES string of the molecule is CC(C)NC(=O)[C@H](Cc1ccccc1)N(Cc1ccccc1F)C(=O)CSCc1ccccc1. The Bertz CT molecular complexity index is 1060. The van der Waals surface area contributed by atoms with Gasteiger partial charge < -0.3 is 10.2 Å². The van der Waals surface area contributed by atoms with Gasteiger partial charge in [0.15, 0.2) is 0 Å². The van der Waals surface area contributed by atoms with E-state index in [0.29, 0.717) is 17.7 Å². The Kier molecular flexibility index (Phi) is 9.71. The molecule has 0 aliphatic rings. The predicted molar refractivity (Wildman–Crippen MR) is 137 cm³/mol. The highest BCUT2D eigenvalue weighted by Crippen LogP contribution is 2.19. The summed E-state index contributed by atoms with van der Waals surface area (Å²) < 4.78 is 14.5. The van der Waals surface area contributed by atoms with Gasteiger partial charge in [-0.05, 0) is 31.0 Å². The molecule has 4 nitrogen and oxygen atoms in total. The van der Waals surface area contributed by atoms with Crippen molar-refractivity contribution in [1.29, 1.82) is 0 Å². The molecule has 0 saturated heterocycles. The molecule has 0 saturated carbocycles. The lowest BCUT2D eigenvalue weighted by atomic mass is 10.0. The highest BCUT2D eigenvalue weighted by Gasteiger charge is 2.31. The molecule has 3 aromatic carbocycles. The highest BCUT2D eigenvalue weighted by molar-refractivity contribution is 7.99. The van der Waals surface area contributed by atoms with Gasteiger partial charge in [0, 0.05) is 30.3 Å². The van der Waals surface area contributed by atoms with E-state index in [-0.39, 0.29) is 36.0 Å². The zero-order chi connectivity index (χ0) is 24.3. The molecule has 3 rings (SSSR count). The molecule has 3 aromatic rings. The van der Waals surface area contributed by atoms with Gasteiger partial charge >= 0.3 is 0 Å². The number of hydrogen-bond donors (Lipinski definition) is 1. The average Bonchev–Trinajstić information content (AvgIpc) is 2.83. The molecule has 2 amide bonds. The molecule has 0 radical (unpaired) electrons. The predicted octanol–water partition coefficient (Wildman–Crippen LogP) is 5.22. The van der Waals surface area contributed by atoms with E-state index in [1.807, 2.05) is 74.5 Å². The van der Waals surface area contributed by atoms with Crippen LogP contribution in [-0.2, 0) is 28.3 Å². The summed E-state index contributed by atoms with van der Waals surface area (Å²) in [6.45, 7) is 3.80. The second-order valence-corrected chi connectivity index (χ2v) is 9.45. The zero-order valence-electron chi connectivity index (χ0n) is 19.6. The van der Waals surface area contributed by atoms with Gasteiger partial charge in [-0.3, -0.25) is 9.59 Å². The van der Waals surface area contributed by atoms with Gasteiger partial charge in [-0.15, -0.1) is 11.8 Å². The first-order valence-corrected chi connectivity index (χ1v) is 12.6. The van der Waals surface area contributed by atoms with Crippen LogP contribution in [-0.4, -0.2) is 34.6 Å². The Morgan fingerprint density at radius 1 is 0.882 bits per heavy atom. The van der Waals surface area contributed by atoms with E-state index in [1.54, 1.807) is 18.2 Å². The Morgan fingerprint density at radius 3 is 2.09 bits per heavy atom. The third-order valence-corrected chi connectivity index (χ3v) is 6.33. The lowest BCUT2D eigenvalue weighted by Crippen LogP contribution is -2.52. The third-order valence-electron chi connectivity index (χ3n) is 5.34. The topological polar surface area (TPSA) is 49.4 Å². The van der Waals surface area contributed by atoms with E-state index in [2.05, 4.69) is 5.32 Å². The number of nitrogens with zero attached hydrogens (tertiary/aromatic N) is 1. The lowest BCUT2D eigenvalue weighted by Gasteiger charge is -2.32. The van der Waals surface area contributed by atoms with Crippen molar-refractivity contribution in [3.05, 3.63) is 107 Å². The Balaban J connectivity index is 1.86. The fraction of sp³-hybridized carbons (Fsp3) is 0.286. The number of nitrogens with one attached hydrogen (secondary N) is 1. The van der Waals surface area contributed by atoms with E-state index >= 15 is 0 Å². The summed E-state index contributed by atoms with van der Waals surface area (Å²) in [7, 11) is 0. The van der Waals surface area contributed by atoms with Crippen molar-refractivity contribution in [2.75, 3.05) is 5.75 Å². The van der Waals surface area contributed by atoms with Gasteiger partial charge in [-0.2, -0.15) is 0 Å². The van der Waals surface area contributed by atoms with Crippen LogP contribution in [0, 0.1) is 5.82 Å². The quantitative estimate of drug-likeness (QED) is 0.411. The maximum Gasteiger partial charge on any atom is 0.243 e. The molecule has 0 aromatic heterocycles. The molecule has 0 fully saturated rings. The maximum atomic E-state index is 14.5. The minimum Gasteiger partial charge on any atom is -0.352 e. The Hall–Kier alpha value is -3.12. The van der Waals surface area contributed by atoms with Crippen LogP contribution in [0.1, 0.15) is 30.5 Å². The van der Waals surface area contributed by atoms with Crippen molar-refractivity contribution in [2.45, 2.75) is 44.6 Å². The molecule has 0 unspecified atom stereocenters. The largest absolute Gasteiger partial charge is 0.352 e. The molecule has 0 aliphatic carbocycles. The van der Waals surface area contributed by atoms with E-state index in [4.69, 9.17) is 0 Å². The van der Waals surface area contributed by atoms with Crippen molar-refractivity contribution in [1.82, 2.24) is 10.2 Å². The second-order valence-electron chi connectivity index (χ2n) is 8.46. The van der Waals surface area contributed by atoms with Crippen molar-refractivity contribution >= 4 is 23.6 Å². The number of amides is 2. The zero-order valence-corrected chi connectivity index (χ0v) is 20.4. The summed E-state index contributed by atoms with van der Waals surface area (Å²) in [5.41, 5.74) is 2.45. The number of hydrogen-bond acceptors (Lipinski definition) is 3. The van der Waals surface area contributed by atoms with Crippen LogP contribution < -0.4 is 5.32 Å². The summed E-state index contributed by atoms with van der Waals surface area (Å²) in [5.74, 6) is 0.0613. The lowest BCUT2D eigenvalue weighted by molar-refractivity contribution is -0.139.